The molecule has 0 radical (unpaired) electrons. The van der Waals surface area contributed by atoms with Gasteiger partial charge < -0.3 is 10.3 Å². The van der Waals surface area contributed by atoms with E-state index in [1.165, 1.54) is 12.4 Å². The maximum absolute atomic E-state index is 12.6. The van der Waals surface area contributed by atoms with E-state index in [0.29, 0.717) is 21.8 Å². The predicted molar refractivity (Wildman–Crippen MR) is 92.0 cm³/mol. The molecule has 6 nitrogen and oxygen atoms in total. The number of benzene rings is 1. The van der Waals surface area contributed by atoms with Crippen LogP contribution < -0.4 is 10.0 Å². The summed E-state index contributed by atoms with van der Waals surface area (Å²) < 4.78 is 52.6. The predicted octanol–water partition coefficient (Wildman–Crippen LogP) is 3.48. The van der Waals surface area contributed by atoms with Crippen molar-refractivity contribution in [1.82, 2.24) is 19.7 Å². The van der Waals surface area contributed by atoms with Gasteiger partial charge in [-0.05, 0) is 37.4 Å². The monoisotopic (exact) mass is 381 g/mol. The van der Waals surface area contributed by atoms with E-state index >= 15 is 0 Å². The molecule has 1 unspecified atom stereocenters. The van der Waals surface area contributed by atoms with Crippen LogP contribution in [0, 0.1) is 0 Å². The molecule has 3 rings (SSSR count). The van der Waals surface area contributed by atoms with Crippen LogP contribution in [-0.2, 0) is 17.2 Å². The van der Waals surface area contributed by atoms with Crippen LogP contribution in [0.15, 0.2) is 53.9 Å². The average molecular weight is 381 g/mol. The number of H-pyrrole nitrogens is 1. The molecule has 0 bridgehead atoms. The van der Waals surface area contributed by atoms with Gasteiger partial charge in [0.2, 0.25) is 0 Å². The molecule has 10 heteroatoms. The van der Waals surface area contributed by atoms with Crippen LogP contribution in [0.4, 0.5) is 24.7 Å². The first-order chi connectivity index (χ1) is 12.4. The lowest BCUT2D eigenvalue weighted by Gasteiger charge is -2.13. The van der Waals surface area contributed by atoms with Crippen LogP contribution in [0.1, 0.15) is 5.56 Å². The molecule has 0 aliphatic carbocycles. The summed E-state index contributed by atoms with van der Waals surface area (Å²) in [5.74, 6) is 0.251. The largest absolute Gasteiger partial charge is 0.417 e. The molecule has 0 aliphatic rings. The Morgan fingerprint density at radius 1 is 1.15 bits per heavy atom. The maximum atomic E-state index is 12.6. The molecule has 0 amide bonds. The molecule has 26 heavy (non-hydrogen) atoms. The summed E-state index contributed by atoms with van der Waals surface area (Å²) in [5.41, 5.74) is 1.08. The number of halogens is 3. The van der Waals surface area contributed by atoms with Crippen molar-refractivity contribution in [2.24, 2.45) is 0 Å². The summed E-state index contributed by atoms with van der Waals surface area (Å²) in [5, 5.41) is 2.98. The summed E-state index contributed by atoms with van der Waals surface area (Å²) in [4.78, 5) is 11.3. The van der Waals surface area contributed by atoms with Crippen molar-refractivity contribution in [1.29, 1.82) is 0 Å². The molecule has 0 saturated heterocycles. The highest BCUT2D eigenvalue weighted by atomic mass is 32.2. The first kappa shape index (κ1) is 18.1. The van der Waals surface area contributed by atoms with Gasteiger partial charge in [0.25, 0.3) is 0 Å². The van der Waals surface area contributed by atoms with E-state index in [1.54, 1.807) is 31.4 Å². The van der Waals surface area contributed by atoms with Crippen LogP contribution in [0.25, 0.3) is 11.3 Å². The molecule has 0 aliphatic heterocycles. The summed E-state index contributed by atoms with van der Waals surface area (Å²) in [6.07, 6.45) is -0.585. The van der Waals surface area contributed by atoms with E-state index < -0.39 is 22.7 Å². The van der Waals surface area contributed by atoms with Gasteiger partial charge in [-0.15, -0.1) is 0 Å². The lowest BCUT2D eigenvalue weighted by atomic mass is 10.1. The van der Waals surface area contributed by atoms with Crippen molar-refractivity contribution in [3.63, 3.8) is 0 Å². The molecular weight excluding hydrogens is 367 g/mol. The number of nitrogens with one attached hydrogen (secondary N) is 3. The van der Waals surface area contributed by atoms with Gasteiger partial charge in [0.1, 0.15) is 16.8 Å². The first-order valence-corrected chi connectivity index (χ1v) is 8.55. The molecule has 1 atom stereocenters. The Kier molecular flexibility index (Phi) is 5.05. The molecule has 2 aromatic heterocycles. The fourth-order valence-corrected chi connectivity index (χ4v) is 2.92. The standard InChI is InChI=1S/C16H14F3N5OS/c1-20-26(25)11-3-4-13(12(6-11)14-8-21-9-23-14)24-15-5-2-10(7-22-15)16(17,18)19/h2-9,20H,1H3,(H,21,23)(H,22,24). The second-order valence-electron chi connectivity index (χ2n) is 5.20. The Bertz CT molecular complexity index is 911. The van der Waals surface area contributed by atoms with E-state index in [-0.39, 0.29) is 5.82 Å². The normalized spacial score (nSPS) is 12.8. The van der Waals surface area contributed by atoms with E-state index in [9.17, 15) is 17.4 Å². The zero-order chi connectivity index (χ0) is 18.7. The van der Waals surface area contributed by atoms with Crippen molar-refractivity contribution in [2.45, 2.75) is 11.1 Å². The molecule has 3 N–H and O–H groups in total. The minimum Gasteiger partial charge on any atom is -0.345 e. The van der Waals surface area contributed by atoms with Gasteiger partial charge >= 0.3 is 6.18 Å². The zero-order valence-corrected chi connectivity index (χ0v) is 14.3. The lowest BCUT2D eigenvalue weighted by molar-refractivity contribution is -0.137. The minimum absolute atomic E-state index is 0.251. The zero-order valence-electron chi connectivity index (χ0n) is 13.5. The molecule has 0 fully saturated rings. The summed E-state index contributed by atoms with van der Waals surface area (Å²) >= 11 is 0. The fourth-order valence-electron chi connectivity index (χ4n) is 2.27. The lowest BCUT2D eigenvalue weighted by Crippen LogP contribution is -2.10. The third-order valence-electron chi connectivity index (χ3n) is 3.53. The number of imidazole rings is 1. The maximum Gasteiger partial charge on any atom is 0.417 e. The first-order valence-electron chi connectivity index (χ1n) is 7.40. The summed E-state index contributed by atoms with van der Waals surface area (Å²) in [6.45, 7) is 0. The quantitative estimate of drug-likeness (QED) is 0.632. The molecule has 2 heterocycles. The number of nitrogens with zero attached hydrogens (tertiary/aromatic N) is 2. The highest BCUT2D eigenvalue weighted by Gasteiger charge is 2.30. The van der Waals surface area contributed by atoms with Crippen LogP contribution in [0.2, 0.25) is 0 Å². The number of hydrogen-bond donors (Lipinski definition) is 3. The Morgan fingerprint density at radius 2 is 1.96 bits per heavy atom. The second-order valence-corrected chi connectivity index (χ2v) is 6.62. The van der Waals surface area contributed by atoms with Crippen molar-refractivity contribution in [2.75, 3.05) is 12.4 Å². The van der Waals surface area contributed by atoms with Crippen LogP contribution in [-0.4, -0.2) is 26.2 Å². The number of anilines is 2. The summed E-state index contributed by atoms with van der Waals surface area (Å²) in [7, 11) is 0.191. The number of rotatable bonds is 5. The van der Waals surface area contributed by atoms with Crippen molar-refractivity contribution in [3.8, 4) is 11.3 Å². The summed E-state index contributed by atoms with van der Waals surface area (Å²) in [6, 6.07) is 7.24. The minimum atomic E-state index is -4.44. The van der Waals surface area contributed by atoms with Gasteiger partial charge in [-0.2, -0.15) is 13.2 Å². The molecule has 1 aromatic carbocycles. The SMILES string of the molecule is CNS(=O)c1ccc(Nc2ccc(C(F)(F)F)cn2)c(-c2cnc[nH]2)c1. The third-order valence-corrected chi connectivity index (χ3v) is 4.59. The number of aromatic amines is 1. The van der Waals surface area contributed by atoms with E-state index in [2.05, 4.69) is 25.0 Å². The van der Waals surface area contributed by atoms with Gasteiger partial charge in [0, 0.05) is 17.4 Å². The number of aromatic nitrogens is 3. The van der Waals surface area contributed by atoms with E-state index in [4.69, 9.17) is 0 Å². The van der Waals surface area contributed by atoms with Gasteiger partial charge in [-0.3, -0.25) is 0 Å². The molecular formula is C16H14F3N5OS. The average Bonchev–Trinajstić information content (AvgIpc) is 3.15. The Labute approximate surface area is 149 Å². The Hall–Kier alpha value is -2.72. The third kappa shape index (κ3) is 3.92. The van der Waals surface area contributed by atoms with E-state index in [1.807, 2.05) is 0 Å². The van der Waals surface area contributed by atoms with Crippen LogP contribution >= 0.6 is 0 Å². The van der Waals surface area contributed by atoms with Crippen molar-refractivity contribution < 1.29 is 17.4 Å². The van der Waals surface area contributed by atoms with Crippen molar-refractivity contribution in [3.05, 3.63) is 54.6 Å². The van der Waals surface area contributed by atoms with Gasteiger partial charge in [-0.1, -0.05) is 0 Å². The topological polar surface area (TPSA) is 82.7 Å². The smallest absolute Gasteiger partial charge is 0.345 e. The van der Waals surface area contributed by atoms with E-state index in [0.717, 1.165) is 12.3 Å². The highest BCUT2D eigenvalue weighted by molar-refractivity contribution is 7.83. The van der Waals surface area contributed by atoms with Gasteiger partial charge in [-0.25, -0.2) is 18.9 Å². The fraction of sp³-hybridized carbons (Fsp3) is 0.125. The Morgan fingerprint density at radius 3 is 2.54 bits per heavy atom. The van der Waals surface area contributed by atoms with Gasteiger partial charge in [0.05, 0.1) is 28.7 Å². The molecule has 0 spiro atoms. The highest BCUT2D eigenvalue weighted by Crippen LogP contribution is 2.32. The van der Waals surface area contributed by atoms with Crippen LogP contribution in [0.5, 0.6) is 0 Å². The van der Waals surface area contributed by atoms with Crippen molar-refractivity contribution >= 4 is 22.5 Å². The second kappa shape index (κ2) is 7.26. The molecule has 136 valence electrons. The molecule has 0 saturated carbocycles. The number of alkyl halides is 3. The van der Waals surface area contributed by atoms with Gasteiger partial charge in [0.15, 0.2) is 0 Å². The van der Waals surface area contributed by atoms with Crippen LogP contribution in [0.3, 0.4) is 0 Å². The number of pyridine rings is 1. The Balaban J connectivity index is 1.95. The number of hydrogen-bond acceptors (Lipinski definition) is 4. The molecule has 3 aromatic rings.